The van der Waals surface area contributed by atoms with Gasteiger partial charge in [0.05, 0.1) is 13.2 Å². The van der Waals surface area contributed by atoms with E-state index in [0.717, 1.165) is 5.56 Å². The minimum absolute atomic E-state index is 0.158. The van der Waals surface area contributed by atoms with Gasteiger partial charge in [-0.15, -0.1) is 5.10 Å². The number of aromatic nitrogens is 3. The van der Waals surface area contributed by atoms with Crippen molar-refractivity contribution in [1.82, 2.24) is 15.4 Å². The lowest BCUT2D eigenvalue weighted by molar-refractivity contribution is 0.0520. The molecule has 0 atom stereocenters. The van der Waals surface area contributed by atoms with Crippen LogP contribution in [0.4, 0.5) is 0 Å². The lowest BCUT2D eigenvalue weighted by atomic mass is 10.1. The van der Waals surface area contributed by atoms with Crippen molar-refractivity contribution in [3.05, 3.63) is 30.0 Å². The van der Waals surface area contributed by atoms with Crippen LogP contribution in [-0.2, 0) is 9.47 Å². The molecule has 0 spiro atoms. The molecule has 2 rings (SSSR count). The Morgan fingerprint density at radius 2 is 2.14 bits per heavy atom. The van der Waals surface area contributed by atoms with Crippen LogP contribution in [0, 0.1) is 0 Å². The number of nitrogens with one attached hydrogen (secondary N) is 1. The van der Waals surface area contributed by atoms with Crippen LogP contribution in [0.5, 0.6) is 5.75 Å². The number of methoxy groups -OCH3 is 1. The molecule has 0 unspecified atom stereocenters. The molecule has 1 heterocycles. The molecular formula is C14H17N3O4. The minimum Gasteiger partial charge on any atom is -0.491 e. The quantitative estimate of drug-likeness (QED) is 0.617. The second-order valence-corrected chi connectivity index (χ2v) is 4.11. The Hall–Kier alpha value is -2.41. The van der Waals surface area contributed by atoms with Gasteiger partial charge in [-0.2, -0.15) is 10.3 Å². The topological polar surface area (TPSA) is 86.3 Å². The number of rotatable bonds is 7. The van der Waals surface area contributed by atoms with Gasteiger partial charge in [-0.05, 0) is 19.1 Å². The van der Waals surface area contributed by atoms with Crippen molar-refractivity contribution >= 4 is 5.97 Å². The van der Waals surface area contributed by atoms with Gasteiger partial charge >= 0.3 is 5.97 Å². The summed E-state index contributed by atoms with van der Waals surface area (Å²) in [6.07, 6.45) is 0. The fourth-order valence-electron chi connectivity index (χ4n) is 1.75. The standard InChI is InChI=1S/C14H17N3O4/c1-3-20-14(18)13-12(15-17-16-13)10-5-4-6-11(9-10)21-8-7-19-2/h4-6,9H,3,7-8H2,1-2H3,(H,15,16,17). The summed E-state index contributed by atoms with van der Waals surface area (Å²) >= 11 is 0. The highest BCUT2D eigenvalue weighted by molar-refractivity contribution is 5.93. The Balaban J connectivity index is 2.20. The molecule has 0 fully saturated rings. The number of hydrogen-bond donors (Lipinski definition) is 1. The zero-order valence-corrected chi connectivity index (χ0v) is 12.0. The number of aromatic amines is 1. The SMILES string of the molecule is CCOC(=O)c1n[nH]nc1-c1cccc(OCCOC)c1. The van der Waals surface area contributed by atoms with Crippen molar-refractivity contribution < 1.29 is 19.0 Å². The molecule has 0 aliphatic rings. The highest BCUT2D eigenvalue weighted by Gasteiger charge is 2.19. The number of esters is 1. The van der Waals surface area contributed by atoms with E-state index >= 15 is 0 Å². The molecule has 0 saturated heterocycles. The first-order valence-corrected chi connectivity index (χ1v) is 6.56. The number of H-pyrrole nitrogens is 1. The third-order valence-electron chi connectivity index (χ3n) is 2.68. The molecule has 2 aromatic rings. The fourth-order valence-corrected chi connectivity index (χ4v) is 1.75. The van der Waals surface area contributed by atoms with Crippen LogP contribution in [0.15, 0.2) is 24.3 Å². The smallest absolute Gasteiger partial charge is 0.361 e. The first-order chi connectivity index (χ1) is 10.3. The molecule has 7 heteroatoms. The highest BCUT2D eigenvalue weighted by Crippen LogP contribution is 2.24. The van der Waals surface area contributed by atoms with Gasteiger partial charge in [-0.1, -0.05) is 12.1 Å². The van der Waals surface area contributed by atoms with Crippen molar-refractivity contribution in [2.24, 2.45) is 0 Å². The van der Waals surface area contributed by atoms with Crippen LogP contribution in [0.2, 0.25) is 0 Å². The molecule has 7 nitrogen and oxygen atoms in total. The Morgan fingerprint density at radius 1 is 1.29 bits per heavy atom. The zero-order chi connectivity index (χ0) is 15.1. The average molecular weight is 291 g/mol. The number of benzene rings is 1. The fraction of sp³-hybridized carbons (Fsp3) is 0.357. The van der Waals surface area contributed by atoms with Crippen molar-refractivity contribution in [3.63, 3.8) is 0 Å². The molecular weight excluding hydrogens is 274 g/mol. The van der Waals surface area contributed by atoms with E-state index in [0.29, 0.717) is 24.7 Å². The van der Waals surface area contributed by atoms with E-state index in [1.165, 1.54) is 0 Å². The Labute approximate surface area is 122 Å². The summed E-state index contributed by atoms with van der Waals surface area (Å²) < 4.78 is 15.4. The van der Waals surface area contributed by atoms with Crippen LogP contribution < -0.4 is 4.74 Å². The van der Waals surface area contributed by atoms with E-state index in [4.69, 9.17) is 14.2 Å². The first kappa shape index (κ1) is 15.0. The van der Waals surface area contributed by atoms with Gasteiger partial charge in [0, 0.05) is 12.7 Å². The molecule has 1 aromatic heterocycles. The van der Waals surface area contributed by atoms with Gasteiger partial charge in [-0.25, -0.2) is 4.79 Å². The van der Waals surface area contributed by atoms with Crippen molar-refractivity contribution in [2.45, 2.75) is 6.92 Å². The van der Waals surface area contributed by atoms with Crippen molar-refractivity contribution in [2.75, 3.05) is 26.9 Å². The Morgan fingerprint density at radius 3 is 2.90 bits per heavy atom. The summed E-state index contributed by atoms with van der Waals surface area (Å²) in [6, 6.07) is 7.25. The monoisotopic (exact) mass is 291 g/mol. The van der Waals surface area contributed by atoms with Crippen LogP contribution >= 0.6 is 0 Å². The summed E-state index contributed by atoms with van der Waals surface area (Å²) in [7, 11) is 1.61. The lowest BCUT2D eigenvalue weighted by Crippen LogP contribution is -2.07. The predicted octanol–water partition coefficient (Wildman–Crippen LogP) is 1.67. The van der Waals surface area contributed by atoms with Gasteiger partial charge in [0.2, 0.25) is 0 Å². The maximum Gasteiger partial charge on any atom is 0.361 e. The Bertz CT molecular complexity index is 597. The number of carbonyl (C=O) groups is 1. The summed E-state index contributed by atoms with van der Waals surface area (Å²) in [5.41, 5.74) is 1.32. The number of hydrogen-bond acceptors (Lipinski definition) is 6. The number of ether oxygens (including phenoxy) is 3. The third kappa shape index (κ3) is 3.79. The van der Waals surface area contributed by atoms with E-state index in [2.05, 4.69) is 15.4 Å². The van der Waals surface area contributed by atoms with Crippen LogP contribution in [-0.4, -0.2) is 48.3 Å². The van der Waals surface area contributed by atoms with E-state index in [1.54, 1.807) is 20.1 Å². The van der Waals surface area contributed by atoms with Crippen LogP contribution in [0.3, 0.4) is 0 Å². The molecule has 1 aromatic carbocycles. The maximum absolute atomic E-state index is 11.8. The molecule has 0 aliphatic heterocycles. The minimum atomic E-state index is -0.507. The largest absolute Gasteiger partial charge is 0.491 e. The number of nitrogens with zero attached hydrogens (tertiary/aromatic N) is 2. The molecule has 0 bridgehead atoms. The number of carbonyl (C=O) groups excluding carboxylic acids is 1. The molecule has 0 radical (unpaired) electrons. The highest BCUT2D eigenvalue weighted by atomic mass is 16.5. The van der Waals surface area contributed by atoms with Crippen LogP contribution in [0.1, 0.15) is 17.4 Å². The molecule has 0 aliphatic carbocycles. The summed E-state index contributed by atoms with van der Waals surface area (Å²) in [5.74, 6) is 0.161. The molecule has 1 N–H and O–H groups in total. The Kier molecular flexibility index (Phi) is 5.28. The van der Waals surface area contributed by atoms with Gasteiger partial charge in [0.15, 0.2) is 5.69 Å². The van der Waals surface area contributed by atoms with Crippen molar-refractivity contribution in [3.8, 4) is 17.0 Å². The third-order valence-corrected chi connectivity index (χ3v) is 2.68. The summed E-state index contributed by atoms with van der Waals surface area (Å²) in [6.45, 7) is 2.97. The molecule has 112 valence electrons. The van der Waals surface area contributed by atoms with Crippen molar-refractivity contribution in [1.29, 1.82) is 0 Å². The molecule has 0 amide bonds. The van der Waals surface area contributed by atoms with Gasteiger partial charge in [-0.3, -0.25) is 0 Å². The van der Waals surface area contributed by atoms with E-state index < -0.39 is 5.97 Å². The summed E-state index contributed by atoms with van der Waals surface area (Å²) in [4.78, 5) is 11.8. The van der Waals surface area contributed by atoms with Gasteiger partial charge in [0.25, 0.3) is 0 Å². The van der Waals surface area contributed by atoms with E-state index in [-0.39, 0.29) is 12.3 Å². The average Bonchev–Trinajstić information content (AvgIpc) is 2.98. The van der Waals surface area contributed by atoms with Gasteiger partial charge in [0.1, 0.15) is 18.1 Å². The lowest BCUT2D eigenvalue weighted by Gasteiger charge is -2.07. The molecule has 21 heavy (non-hydrogen) atoms. The van der Waals surface area contributed by atoms with Gasteiger partial charge < -0.3 is 14.2 Å². The van der Waals surface area contributed by atoms with E-state index in [9.17, 15) is 4.79 Å². The van der Waals surface area contributed by atoms with Crippen LogP contribution in [0.25, 0.3) is 11.3 Å². The second kappa shape index (κ2) is 7.39. The summed E-state index contributed by atoms with van der Waals surface area (Å²) in [5, 5.41) is 10.3. The zero-order valence-electron chi connectivity index (χ0n) is 12.0. The predicted molar refractivity (Wildman–Crippen MR) is 75.1 cm³/mol. The van der Waals surface area contributed by atoms with E-state index in [1.807, 2.05) is 18.2 Å². The second-order valence-electron chi connectivity index (χ2n) is 4.11. The first-order valence-electron chi connectivity index (χ1n) is 6.56. The molecule has 0 saturated carbocycles. The normalized spacial score (nSPS) is 10.4. The maximum atomic E-state index is 11.8.